The Labute approximate surface area is 106 Å². The maximum atomic E-state index is 12.3. The second kappa shape index (κ2) is 3.61. The summed E-state index contributed by atoms with van der Waals surface area (Å²) in [7, 11) is 3.56. The number of carbonyl (C=O) groups is 1. The smallest absolute Gasteiger partial charge is 0.217 e. The molecule has 0 unspecified atom stereocenters. The lowest BCUT2D eigenvalue weighted by molar-refractivity contribution is -0.261. The van der Waals surface area contributed by atoms with E-state index in [1.807, 2.05) is 18.9 Å². The minimum Gasteiger partial charge on any atom is -0.371 e. The molecule has 3 atom stereocenters. The van der Waals surface area contributed by atoms with E-state index in [4.69, 9.17) is 9.47 Å². The largest absolute Gasteiger partial charge is 0.371 e. The molecule has 0 aromatic carbocycles. The van der Waals surface area contributed by atoms with Crippen LogP contribution in [-0.2, 0) is 14.3 Å². The van der Waals surface area contributed by atoms with E-state index in [1.165, 1.54) is 0 Å². The van der Waals surface area contributed by atoms with E-state index in [0.717, 1.165) is 12.2 Å². The molecule has 18 heavy (non-hydrogen) atoms. The summed E-state index contributed by atoms with van der Waals surface area (Å²) in [6.45, 7) is 3.59. The maximum Gasteiger partial charge on any atom is 0.217 e. The van der Waals surface area contributed by atoms with E-state index in [0.29, 0.717) is 13.2 Å². The molecule has 3 rings (SSSR count). The van der Waals surface area contributed by atoms with Crippen LogP contribution in [0, 0.1) is 5.92 Å². The molecule has 0 amide bonds. The predicted octanol–water partition coefficient (Wildman–Crippen LogP) is 0.598. The van der Waals surface area contributed by atoms with Crippen molar-refractivity contribution in [2.24, 2.45) is 16.1 Å². The predicted molar refractivity (Wildman–Crippen MR) is 63.0 cm³/mol. The fourth-order valence-corrected chi connectivity index (χ4v) is 3.09. The van der Waals surface area contributed by atoms with Crippen molar-refractivity contribution >= 4 is 5.78 Å². The van der Waals surface area contributed by atoms with Gasteiger partial charge < -0.3 is 14.4 Å². The number of morpholine rings is 1. The molecule has 1 saturated heterocycles. The van der Waals surface area contributed by atoms with Gasteiger partial charge >= 0.3 is 0 Å². The highest BCUT2D eigenvalue weighted by Crippen LogP contribution is 2.48. The van der Waals surface area contributed by atoms with Gasteiger partial charge in [-0.25, -0.2) is 0 Å². The maximum absolute atomic E-state index is 12.3. The number of carbonyl (C=O) groups excluding carboxylic acids is 1. The minimum absolute atomic E-state index is 0.0197. The third kappa shape index (κ3) is 1.22. The van der Waals surface area contributed by atoms with Gasteiger partial charge in [0.1, 0.15) is 0 Å². The van der Waals surface area contributed by atoms with Crippen LogP contribution in [0.2, 0.25) is 0 Å². The van der Waals surface area contributed by atoms with Crippen LogP contribution in [-0.4, -0.2) is 55.9 Å². The molecule has 0 bridgehead atoms. The monoisotopic (exact) mass is 251 g/mol. The van der Waals surface area contributed by atoms with Crippen molar-refractivity contribution in [3.05, 3.63) is 11.8 Å². The number of hydrogen-bond acceptors (Lipinski definition) is 6. The number of methoxy groups -OCH3 is 1. The molecular formula is C12H17N3O3. The first-order chi connectivity index (χ1) is 8.54. The number of fused-ring (bicyclic) bond motifs is 3. The SMILES string of the molecule is CO[C@]12OCCN(C)C1=CC(=O)[C@@]1(C)N=NC[C@@H]21. The van der Waals surface area contributed by atoms with Gasteiger partial charge in [0.2, 0.25) is 5.79 Å². The van der Waals surface area contributed by atoms with Crippen molar-refractivity contribution in [3.63, 3.8) is 0 Å². The molecule has 0 aromatic heterocycles. The number of azo groups is 1. The van der Waals surface area contributed by atoms with Crippen molar-refractivity contribution < 1.29 is 14.3 Å². The van der Waals surface area contributed by atoms with Crippen molar-refractivity contribution in [1.29, 1.82) is 0 Å². The second-order valence-electron chi connectivity index (χ2n) is 5.16. The fourth-order valence-electron chi connectivity index (χ4n) is 3.09. The molecule has 98 valence electrons. The first-order valence-electron chi connectivity index (χ1n) is 6.10. The average molecular weight is 251 g/mol. The number of likely N-dealkylation sites (N-methyl/N-ethyl adjacent to an activating group) is 1. The molecule has 0 radical (unpaired) electrons. The number of ether oxygens (including phenoxy) is 2. The van der Waals surface area contributed by atoms with Gasteiger partial charge in [0, 0.05) is 26.8 Å². The van der Waals surface area contributed by atoms with Gasteiger partial charge in [-0.15, -0.1) is 0 Å². The minimum atomic E-state index is -0.890. The zero-order chi connectivity index (χ0) is 13.0. The highest BCUT2D eigenvalue weighted by Gasteiger charge is 2.62. The van der Waals surface area contributed by atoms with Crippen LogP contribution in [0.25, 0.3) is 0 Å². The normalized spacial score (nSPS) is 42.6. The van der Waals surface area contributed by atoms with Crippen LogP contribution in [0.4, 0.5) is 0 Å². The highest BCUT2D eigenvalue weighted by molar-refractivity contribution is 6.00. The van der Waals surface area contributed by atoms with Gasteiger partial charge in [-0.2, -0.15) is 10.2 Å². The van der Waals surface area contributed by atoms with E-state index in [1.54, 1.807) is 13.2 Å². The van der Waals surface area contributed by atoms with Gasteiger partial charge in [-0.05, 0) is 6.92 Å². The van der Waals surface area contributed by atoms with Gasteiger partial charge in [0.25, 0.3) is 0 Å². The quantitative estimate of drug-likeness (QED) is 0.684. The van der Waals surface area contributed by atoms with E-state index in [-0.39, 0.29) is 11.7 Å². The molecule has 0 saturated carbocycles. The molecule has 1 fully saturated rings. The lowest BCUT2D eigenvalue weighted by atomic mass is 9.72. The fraction of sp³-hybridized carbons (Fsp3) is 0.750. The van der Waals surface area contributed by atoms with Gasteiger partial charge in [-0.1, -0.05) is 0 Å². The Balaban J connectivity index is 2.16. The molecule has 2 aliphatic heterocycles. The van der Waals surface area contributed by atoms with E-state index >= 15 is 0 Å². The standard InChI is InChI=1S/C12H17N3O3/c1-11-8(7-13-14-11)12(17-3)9(6-10(11)16)15(2)4-5-18-12/h6,8H,4-5,7H2,1-3H3/t8-,11+,12-/m1/s1. The Bertz CT molecular complexity index is 461. The van der Waals surface area contributed by atoms with Crippen molar-refractivity contribution in [2.45, 2.75) is 18.2 Å². The molecule has 2 heterocycles. The van der Waals surface area contributed by atoms with Crippen LogP contribution < -0.4 is 0 Å². The van der Waals surface area contributed by atoms with Crippen LogP contribution >= 0.6 is 0 Å². The zero-order valence-corrected chi connectivity index (χ0v) is 10.8. The summed E-state index contributed by atoms with van der Waals surface area (Å²) in [5, 5.41) is 8.18. The lowest BCUT2D eigenvalue weighted by Crippen LogP contribution is -2.63. The Hall–Kier alpha value is -1.27. The third-order valence-corrected chi connectivity index (χ3v) is 4.26. The summed E-state index contributed by atoms with van der Waals surface area (Å²) in [4.78, 5) is 14.3. The molecule has 6 heteroatoms. The highest BCUT2D eigenvalue weighted by atomic mass is 16.7. The summed E-state index contributed by atoms with van der Waals surface area (Å²) in [5.41, 5.74) is -0.0615. The van der Waals surface area contributed by atoms with E-state index in [9.17, 15) is 4.79 Å². The number of nitrogens with zero attached hydrogens (tertiary/aromatic N) is 3. The molecule has 0 N–H and O–H groups in total. The summed E-state index contributed by atoms with van der Waals surface area (Å²) in [6.07, 6.45) is 1.60. The van der Waals surface area contributed by atoms with Crippen LogP contribution in [0.3, 0.4) is 0 Å². The Morgan fingerprint density at radius 2 is 2.39 bits per heavy atom. The molecule has 6 nitrogen and oxygen atoms in total. The molecular weight excluding hydrogens is 234 g/mol. The van der Waals surface area contributed by atoms with E-state index in [2.05, 4.69) is 10.2 Å². The van der Waals surface area contributed by atoms with Crippen LogP contribution in [0.1, 0.15) is 6.92 Å². The molecule has 0 spiro atoms. The third-order valence-electron chi connectivity index (χ3n) is 4.26. The van der Waals surface area contributed by atoms with Crippen molar-refractivity contribution in [3.8, 4) is 0 Å². The summed E-state index contributed by atoms with van der Waals surface area (Å²) >= 11 is 0. The Kier molecular flexibility index (Phi) is 2.37. The summed E-state index contributed by atoms with van der Waals surface area (Å²) < 4.78 is 11.6. The molecule has 1 aliphatic carbocycles. The van der Waals surface area contributed by atoms with Crippen LogP contribution in [0.5, 0.6) is 0 Å². The van der Waals surface area contributed by atoms with Crippen LogP contribution in [0.15, 0.2) is 22.0 Å². The second-order valence-corrected chi connectivity index (χ2v) is 5.16. The number of hydrogen-bond donors (Lipinski definition) is 0. The first-order valence-corrected chi connectivity index (χ1v) is 6.10. The Morgan fingerprint density at radius 3 is 3.11 bits per heavy atom. The van der Waals surface area contributed by atoms with Gasteiger partial charge in [-0.3, -0.25) is 4.79 Å². The summed E-state index contributed by atoms with van der Waals surface area (Å²) in [6, 6.07) is 0. The first kappa shape index (κ1) is 11.8. The lowest BCUT2D eigenvalue weighted by Gasteiger charge is -2.51. The molecule has 0 aromatic rings. The number of ketones is 1. The average Bonchev–Trinajstić information content (AvgIpc) is 2.76. The van der Waals surface area contributed by atoms with Gasteiger partial charge in [0.15, 0.2) is 11.3 Å². The van der Waals surface area contributed by atoms with Gasteiger partial charge in [0.05, 0.1) is 24.8 Å². The zero-order valence-electron chi connectivity index (χ0n) is 10.8. The van der Waals surface area contributed by atoms with Crippen molar-refractivity contribution in [1.82, 2.24) is 4.90 Å². The van der Waals surface area contributed by atoms with E-state index < -0.39 is 11.3 Å². The Morgan fingerprint density at radius 1 is 1.61 bits per heavy atom. The molecule has 3 aliphatic rings. The topological polar surface area (TPSA) is 63.5 Å². The summed E-state index contributed by atoms with van der Waals surface area (Å²) in [5.74, 6) is -1.10. The van der Waals surface area contributed by atoms with Crippen molar-refractivity contribution in [2.75, 3.05) is 33.9 Å². The number of rotatable bonds is 1.